The van der Waals surface area contributed by atoms with Gasteiger partial charge in [0.15, 0.2) is 5.16 Å². The molecule has 0 radical (unpaired) electrons. The number of likely N-dealkylation sites (tertiary alicyclic amines) is 1. The maximum Gasteiger partial charge on any atom is 0.272 e. The standard InChI is InChI=1S/C23H30N4O2S/c1-30-23-24-15-20(27(23)19-12-6-3-7-13-19)22(29)26-14-8-9-17(16-26)21(28)25-18-10-4-2-5-11-18/h3,6-7,12-13,15,17-18H,2,4-5,8-11,14,16H2,1H3,(H,25,28). The molecule has 4 rings (SSSR count). The molecule has 1 aliphatic heterocycles. The highest BCUT2D eigenvalue weighted by Crippen LogP contribution is 2.25. The number of aromatic nitrogens is 2. The Labute approximate surface area is 182 Å². The highest BCUT2D eigenvalue weighted by Gasteiger charge is 2.32. The molecule has 7 heteroatoms. The first-order valence-electron chi connectivity index (χ1n) is 10.9. The quantitative estimate of drug-likeness (QED) is 0.737. The van der Waals surface area contributed by atoms with E-state index < -0.39 is 0 Å². The lowest BCUT2D eigenvalue weighted by Crippen LogP contribution is -2.48. The van der Waals surface area contributed by atoms with Crippen molar-refractivity contribution in [2.75, 3.05) is 19.3 Å². The monoisotopic (exact) mass is 426 g/mol. The van der Waals surface area contributed by atoms with Gasteiger partial charge in [0, 0.05) is 24.8 Å². The van der Waals surface area contributed by atoms with E-state index in [1.165, 1.54) is 31.0 Å². The van der Waals surface area contributed by atoms with Crippen molar-refractivity contribution in [3.05, 3.63) is 42.2 Å². The van der Waals surface area contributed by atoms with Gasteiger partial charge < -0.3 is 10.2 Å². The molecule has 1 unspecified atom stereocenters. The van der Waals surface area contributed by atoms with Crippen LogP contribution in [0.3, 0.4) is 0 Å². The Morgan fingerprint density at radius 1 is 1.07 bits per heavy atom. The van der Waals surface area contributed by atoms with E-state index in [4.69, 9.17) is 0 Å². The van der Waals surface area contributed by atoms with Gasteiger partial charge in [0.1, 0.15) is 5.69 Å². The van der Waals surface area contributed by atoms with Crippen LogP contribution in [-0.2, 0) is 4.79 Å². The fourth-order valence-electron chi connectivity index (χ4n) is 4.56. The fraction of sp³-hybridized carbons (Fsp3) is 0.522. The Hall–Kier alpha value is -2.28. The lowest BCUT2D eigenvalue weighted by Gasteiger charge is -2.33. The Balaban J connectivity index is 1.48. The summed E-state index contributed by atoms with van der Waals surface area (Å²) in [5.74, 6) is -0.0691. The van der Waals surface area contributed by atoms with Gasteiger partial charge in [-0.1, -0.05) is 49.2 Å². The molecular formula is C23H30N4O2S. The molecule has 0 bridgehead atoms. The minimum atomic E-state index is -0.127. The molecule has 160 valence electrons. The van der Waals surface area contributed by atoms with E-state index in [0.29, 0.717) is 24.8 Å². The summed E-state index contributed by atoms with van der Waals surface area (Å²) < 4.78 is 1.92. The van der Waals surface area contributed by atoms with Gasteiger partial charge >= 0.3 is 0 Å². The Bertz CT molecular complexity index is 877. The molecule has 1 saturated carbocycles. The molecule has 2 heterocycles. The predicted molar refractivity (Wildman–Crippen MR) is 119 cm³/mol. The van der Waals surface area contributed by atoms with Crippen LogP contribution in [0.1, 0.15) is 55.4 Å². The molecule has 1 N–H and O–H groups in total. The van der Waals surface area contributed by atoms with Crippen molar-refractivity contribution in [1.82, 2.24) is 19.8 Å². The molecule has 1 aromatic carbocycles. The second-order valence-electron chi connectivity index (χ2n) is 8.23. The molecule has 1 atom stereocenters. The number of rotatable bonds is 5. The van der Waals surface area contributed by atoms with Crippen LogP contribution in [0.25, 0.3) is 5.69 Å². The maximum atomic E-state index is 13.4. The zero-order chi connectivity index (χ0) is 20.9. The SMILES string of the molecule is CSc1ncc(C(=O)N2CCCC(C(=O)NC3CCCCC3)C2)n1-c1ccccc1. The fourth-order valence-corrected chi connectivity index (χ4v) is 5.10. The number of amides is 2. The number of thioether (sulfide) groups is 1. The van der Waals surface area contributed by atoms with Crippen LogP contribution in [-0.4, -0.2) is 51.7 Å². The van der Waals surface area contributed by atoms with E-state index >= 15 is 0 Å². The second-order valence-corrected chi connectivity index (χ2v) is 9.01. The lowest BCUT2D eigenvalue weighted by molar-refractivity contribution is -0.127. The minimum Gasteiger partial charge on any atom is -0.353 e. The van der Waals surface area contributed by atoms with Crippen LogP contribution >= 0.6 is 11.8 Å². The second kappa shape index (κ2) is 9.69. The summed E-state index contributed by atoms with van der Waals surface area (Å²) in [4.78, 5) is 32.5. The molecule has 1 saturated heterocycles. The van der Waals surface area contributed by atoms with Gasteiger partial charge in [0.05, 0.1) is 12.1 Å². The van der Waals surface area contributed by atoms with E-state index in [2.05, 4.69) is 10.3 Å². The number of carbonyl (C=O) groups excluding carboxylic acids is 2. The highest BCUT2D eigenvalue weighted by molar-refractivity contribution is 7.98. The van der Waals surface area contributed by atoms with Crippen molar-refractivity contribution in [3.63, 3.8) is 0 Å². The summed E-state index contributed by atoms with van der Waals surface area (Å²) >= 11 is 1.52. The number of benzene rings is 1. The summed E-state index contributed by atoms with van der Waals surface area (Å²) in [6, 6.07) is 10.1. The average Bonchev–Trinajstić information content (AvgIpc) is 3.24. The van der Waals surface area contributed by atoms with Crippen LogP contribution in [0.15, 0.2) is 41.7 Å². The van der Waals surface area contributed by atoms with Gasteiger partial charge in [-0.05, 0) is 44.1 Å². The molecule has 30 heavy (non-hydrogen) atoms. The summed E-state index contributed by atoms with van der Waals surface area (Å²) in [7, 11) is 0. The molecule has 2 fully saturated rings. The summed E-state index contributed by atoms with van der Waals surface area (Å²) in [5, 5.41) is 4.03. The third-order valence-electron chi connectivity index (χ3n) is 6.18. The molecule has 0 spiro atoms. The molecule has 6 nitrogen and oxygen atoms in total. The first-order valence-corrected chi connectivity index (χ1v) is 12.2. The van der Waals surface area contributed by atoms with Crippen LogP contribution in [0.5, 0.6) is 0 Å². The minimum absolute atomic E-state index is 0.0539. The van der Waals surface area contributed by atoms with Crippen LogP contribution < -0.4 is 5.32 Å². The van der Waals surface area contributed by atoms with Crippen molar-refractivity contribution in [2.45, 2.75) is 56.1 Å². The Morgan fingerprint density at radius 2 is 1.83 bits per heavy atom. The Kier molecular flexibility index (Phi) is 6.77. The maximum absolute atomic E-state index is 13.4. The topological polar surface area (TPSA) is 67.2 Å². The average molecular weight is 427 g/mol. The van der Waals surface area contributed by atoms with Crippen LogP contribution in [0.4, 0.5) is 0 Å². The van der Waals surface area contributed by atoms with Gasteiger partial charge in [-0.3, -0.25) is 14.2 Å². The van der Waals surface area contributed by atoms with Gasteiger partial charge in [-0.15, -0.1) is 0 Å². The number of hydrogen-bond acceptors (Lipinski definition) is 4. The van der Waals surface area contributed by atoms with E-state index in [-0.39, 0.29) is 17.7 Å². The van der Waals surface area contributed by atoms with Crippen molar-refractivity contribution >= 4 is 23.6 Å². The number of carbonyl (C=O) groups is 2. The van der Waals surface area contributed by atoms with Crippen molar-refractivity contribution in [3.8, 4) is 5.69 Å². The van der Waals surface area contributed by atoms with E-state index in [1.807, 2.05) is 46.1 Å². The van der Waals surface area contributed by atoms with Gasteiger partial charge in [-0.25, -0.2) is 4.98 Å². The Morgan fingerprint density at radius 3 is 2.57 bits per heavy atom. The predicted octanol–water partition coefficient (Wildman–Crippen LogP) is 3.90. The summed E-state index contributed by atoms with van der Waals surface area (Å²) in [6.07, 6.45) is 11.1. The summed E-state index contributed by atoms with van der Waals surface area (Å²) in [6.45, 7) is 1.16. The first-order chi connectivity index (χ1) is 14.7. The molecule has 2 amide bonds. The molecule has 1 aromatic heterocycles. The summed E-state index contributed by atoms with van der Waals surface area (Å²) in [5.41, 5.74) is 1.48. The zero-order valence-electron chi connectivity index (χ0n) is 17.5. The third kappa shape index (κ3) is 4.56. The largest absolute Gasteiger partial charge is 0.353 e. The number of nitrogens with zero attached hydrogens (tertiary/aromatic N) is 3. The number of nitrogens with one attached hydrogen (secondary N) is 1. The zero-order valence-corrected chi connectivity index (χ0v) is 18.4. The number of piperidine rings is 1. The smallest absolute Gasteiger partial charge is 0.272 e. The molecule has 2 aromatic rings. The lowest BCUT2D eigenvalue weighted by atomic mass is 9.93. The van der Waals surface area contributed by atoms with E-state index in [9.17, 15) is 9.59 Å². The van der Waals surface area contributed by atoms with Crippen molar-refractivity contribution in [1.29, 1.82) is 0 Å². The van der Waals surface area contributed by atoms with Crippen LogP contribution in [0.2, 0.25) is 0 Å². The van der Waals surface area contributed by atoms with Gasteiger partial charge in [0.25, 0.3) is 5.91 Å². The van der Waals surface area contributed by atoms with Crippen molar-refractivity contribution in [2.24, 2.45) is 5.92 Å². The van der Waals surface area contributed by atoms with Crippen molar-refractivity contribution < 1.29 is 9.59 Å². The number of para-hydroxylation sites is 1. The number of imidazole rings is 1. The third-order valence-corrected chi connectivity index (χ3v) is 6.83. The highest BCUT2D eigenvalue weighted by atomic mass is 32.2. The first kappa shape index (κ1) is 21.0. The molecular weight excluding hydrogens is 396 g/mol. The van der Waals surface area contributed by atoms with Gasteiger partial charge in [0.2, 0.25) is 5.91 Å². The van der Waals surface area contributed by atoms with E-state index in [0.717, 1.165) is 36.5 Å². The van der Waals surface area contributed by atoms with Gasteiger partial charge in [-0.2, -0.15) is 0 Å². The molecule has 2 aliphatic rings. The normalized spacial score (nSPS) is 20.2. The molecule has 1 aliphatic carbocycles. The van der Waals surface area contributed by atoms with Crippen LogP contribution in [0, 0.1) is 5.92 Å². The van der Waals surface area contributed by atoms with E-state index in [1.54, 1.807) is 6.20 Å². The number of hydrogen-bond donors (Lipinski definition) is 1.